The molecule has 2 N–H and O–H groups in total. The van der Waals surface area contributed by atoms with Crippen LogP contribution in [0.15, 0.2) is 12.1 Å². The Labute approximate surface area is 133 Å². The zero-order valence-electron chi connectivity index (χ0n) is 13.7. The van der Waals surface area contributed by atoms with E-state index in [-0.39, 0.29) is 13.2 Å². The normalized spacial score (nSPS) is 16.9. The summed E-state index contributed by atoms with van der Waals surface area (Å²) in [5.41, 5.74) is 2.51. The molecule has 1 aliphatic heterocycles. The van der Waals surface area contributed by atoms with Crippen LogP contribution in [-0.2, 0) is 19.8 Å². The average Bonchev–Trinajstić information content (AvgIpc) is 2.56. The lowest BCUT2D eigenvalue weighted by Crippen LogP contribution is -2.46. The minimum Gasteiger partial charge on any atom is -0.496 e. The molecule has 0 aromatic heterocycles. The smallest absolute Gasteiger partial charge is 0.129 e. The third kappa shape index (κ3) is 3.98. The van der Waals surface area contributed by atoms with Crippen molar-refractivity contribution in [3.63, 3.8) is 0 Å². The average molecular weight is 308 g/mol. The molecule has 0 unspecified atom stereocenters. The van der Waals surface area contributed by atoms with Gasteiger partial charge in [0.1, 0.15) is 5.75 Å². The predicted octanol–water partition coefficient (Wildman–Crippen LogP) is 1.21. The Morgan fingerprint density at radius 1 is 1.00 bits per heavy atom. The van der Waals surface area contributed by atoms with Crippen LogP contribution < -0.4 is 4.74 Å². The van der Waals surface area contributed by atoms with Gasteiger partial charge >= 0.3 is 0 Å². The van der Waals surface area contributed by atoms with Crippen LogP contribution in [-0.4, -0.2) is 59.8 Å². The fourth-order valence-corrected chi connectivity index (χ4v) is 3.15. The highest BCUT2D eigenvalue weighted by Crippen LogP contribution is 2.29. The zero-order valence-corrected chi connectivity index (χ0v) is 13.7. The molecule has 1 aromatic carbocycles. The molecule has 0 aliphatic carbocycles. The quantitative estimate of drug-likeness (QED) is 0.793. The number of hydrogen-bond donors (Lipinski definition) is 2. The first-order valence-electron chi connectivity index (χ1n) is 8.07. The van der Waals surface area contributed by atoms with Crippen LogP contribution in [0.3, 0.4) is 0 Å². The fraction of sp³-hybridized carbons (Fsp3) is 0.647. The number of piperazine rings is 1. The number of rotatable bonds is 7. The summed E-state index contributed by atoms with van der Waals surface area (Å²) >= 11 is 0. The largest absolute Gasteiger partial charge is 0.496 e. The Hall–Kier alpha value is -1.14. The minimum atomic E-state index is -0.114. The van der Waals surface area contributed by atoms with Gasteiger partial charge in [-0.2, -0.15) is 0 Å². The number of hydrogen-bond acceptors (Lipinski definition) is 5. The van der Waals surface area contributed by atoms with Crippen LogP contribution in [0.4, 0.5) is 0 Å². The van der Waals surface area contributed by atoms with Crippen LogP contribution in [0.25, 0.3) is 0 Å². The van der Waals surface area contributed by atoms with Gasteiger partial charge in [-0.3, -0.25) is 4.90 Å². The number of methoxy groups -OCH3 is 1. The number of nitrogens with zero attached hydrogens (tertiary/aromatic N) is 2. The summed E-state index contributed by atoms with van der Waals surface area (Å²) in [6, 6.07) is 3.89. The van der Waals surface area contributed by atoms with Gasteiger partial charge in [0.2, 0.25) is 0 Å². The summed E-state index contributed by atoms with van der Waals surface area (Å²) in [7, 11) is 1.62. The highest BCUT2D eigenvalue weighted by molar-refractivity contribution is 5.46. The molecule has 5 heteroatoms. The molecule has 1 aliphatic rings. The molecule has 0 atom stereocenters. The fourth-order valence-electron chi connectivity index (χ4n) is 3.15. The van der Waals surface area contributed by atoms with Crippen molar-refractivity contribution in [2.75, 3.05) is 39.8 Å². The first-order chi connectivity index (χ1) is 10.7. The Morgan fingerprint density at radius 3 is 2.18 bits per heavy atom. The van der Waals surface area contributed by atoms with E-state index in [9.17, 15) is 10.2 Å². The van der Waals surface area contributed by atoms with E-state index in [1.165, 1.54) is 13.0 Å². The van der Waals surface area contributed by atoms with E-state index < -0.39 is 0 Å². The van der Waals surface area contributed by atoms with Gasteiger partial charge in [0.25, 0.3) is 0 Å². The number of aliphatic hydroxyl groups is 2. The van der Waals surface area contributed by atoms with Crippen molar-refractivity contribution < 1.29 is 14.9 Å². The van der Waals surface area contributed by atoms with Crippen LogP contribution in [0, 0.1) is 0 Å². The van der Waals surface area contributed by atoms with E-state index in [1.54, 1.807) is 7.11 Å². The molecule has 1 heterocycles. The molecular formula is C17H28N2O3. The van der Waals surface area contributed by atoms with Gasteiger partial charge in [-0.1, -0.05) is 19.1 Å². The van der Waals surface area contributed by atoms with Crippen molar-refractivity contribution in [3.05, 3.63) is 28.8 Å². The van der Waals surface area contributed by atoms with Gasteiger partial charge in [0, 0.05) is 43.9 Å². The summed E-state index contributed by atoms with van der Waals surface area (Å²) < 4.78 is 5.50. The van der Waals surface area contributed by atoms with Gasteiger partial charge in [-0.15, -0.1) is 0 Å². The molecule has 0 saturated carbocycles. The van der Waals surface area contributed by atoms with E-state index in [2.05, 4.69) is 16.7 Å². The Balaban J connectivity index is 2.07. The second-order valence-electron chi connectivity index (χ2n) is 5.83. The highest BCUT2D eigenvalue weighted by Gasteiger charge is 2.19. The lowest BCUT2D eigenvalue weighted by Gasteiger charge is -2.34. The Morgan fingerprint density at radius 2 is 1.64 bits per heavy atom. The lowest BCUT2D eigenvalue weighted by atomic mass is 10.0. The van der Waals surface area contributed by atoms with Crippen molar-refractivity contribution in [1.29, 1.82) is 0 Å². The van der Waals surface area contributed by atoms with Gasteiger partial charge in [0.05, 0.1) is 20.3 Å². The lowest BCUT2D eigenvalue weighted by molar-refractivity contribution is 0.126. The molecule has 5 nitrogen and oxygen atoms in total. The standard InChI is InChI=1S/C17H28N2O3/c1-3-6-18-7-9-19(10-8-18)11-14-4-5-15(12-20)16(13-21)17(14)22-2/h4-5,20-21H,3,6-13H2,1-2H3. The van der Waals surface area contributed by atoms with Crippen LogP contribution in [0.1, 0.15) is 30.0 Å². The van der Waals surface area contributed by atoms with E-state index in [0.717, 1.165) is 43.9 Å². The topological polar surface area (TPSA) is 56.2 Å². The van der Waals surface area contributed by atoms with Crippen molar-refractivity contribution in [2.45, 2.75) is 33.1 Å². The van der Waals surface area contributed by atoms with Gasteiger partial charge < -0.3 is 19.8 Å². The van der Waals surface area contributed by atoms with Gasteiger partial charge in [-0.05, 0) is 18.5 Å². The Bertz CT molecular complexity index is 471. The van der Waals surface area contributed by atoms with Gasteiger partial charge in [0.15, 0.2) is 0 Å². The first kappa shape index (κ1) is 17.2. The third-order valence-corrected chi connectivity index (χ3v) is 4.37. The van der Waals surface area contributed by atoms with E-state index in [0.29, 0.717) is 11.3 Å². The summed E-state index contributed by atoms with van der Waals surface area (Å²) in [6.45, 7) is 8.35. The summed E-state index contributed by atoms with van der Waals surface area (Å²) in [5, 5.41) is 19.0. The van der Waals surface area contributed by atoms with Crippen LogP contribution in [0.2, 0.25) is 0 Å². The molecule has 22 heavy (non-hydrogen) atoms. The maximum atomic E-state index is 9.57. The molecular weight excluding hydrogens is 280 g/mol. The second-order valence-corrected chi connectivity index (χ2v) is 5.83. The SMILES string of the molecule is CCCN1CCN(Cc2ccc(CO)c(CO)c2OC)CC1. The minimum absolute atomic E-state index is 0.0811. The molecule has 1 fully saturated rings. The summed E-state index contributed by atoms with van der Waals surface area (Å²) in [4.78, 5) is 4.92. The molecule has 1 saturated heterocycles. The summed E-state index contributed by atoms with van der Waals surface area (Å²) in [5.74, 6) is 0.713. The maximum Gasteiger partial charge on any atom is 0.129 e. The number of benzene rings is 1. The first-order valence-corrected chi connectivity index (χ1v) is 8.07. The van der Waals surface area contributed by atoms with Crippen molar-refractivity contribution >= 4 is 0 Å². The molecule has 124 valence electrons. The third-order valence-electron chi connectivity index (χ3n) is 4.37. The molecule has 0 radical (unpaired) electrons. The summed E-state index contributed by atoms with van der Waals surface area (Å²) in [6.07, 6.45) is 1.20. The van der Waals surface area contributed by atoms with Crippen molar-refractivity contribution in [1.82, 2.24) is 9.80 Å². The van der Waals surface area contributed by atoms with E-state index in [4.69, 9.17) is 4.74 Å². The van der Waals surface area contributed by atoms with Crippen LogP contribution >= 0.6 is 0 Å². The van der Waals surface area contributed by atoms with E-state index >= 15 is 0 Å². The second kappa shape index (κ2) is 8.48. The predicted molar refractivity (Wildman–Crippen MR) is 86.8 cm³/mol. The van der Waals surface area contributed by atoms with Crippen LogP contribution in [0.5, 0.6) is 5.75 Å². The monoisotopic (exact) mass is 308 g/mol. The van der Waals surface area contributed by atoms with E-state index in [1.807, 2.05) is 12.1 Å². The van der Waals surface area contributed by atoms with Gasteiger partial charge in [-0.25, -0.2) is 0 Å². The maximum absolute atomic E-state index is 9.57. The molecule has 0 bridgehead atoms. The van der Waals surface area contributed by atoms with Crippen molar-refractivity contribution in [2.24, 2.45) is 0 Å². The molecule has 0 spiro atoms. The highest BCUT2D eigenvalue weighted by atomic mass is 16.5. The molecule has 1 aromatic rings. The van der Waals surface area contributed by atoms with Crippen molar-refractivity contribution in [3.8, 4) is 5.75 Å². The number of ether oxygens (including phenoxy) is 1. The molecule has 2 rings (SSSR count). The molecule has 0 amide bonds. The zero-order chi connectivity index (χ0) is 15.9. The Kier molecular flexibility index (Phi) is 6.64. The number of aliphatic hydroxyl groups excluding tert-OH is 2.